The van der Waals surface area contributed by atoms with Crippen molar-refractivity contribution in [1.82, 2.24) is 20.3 Å². The molecule has 4 aromatic rings. The van der Waals surface area contributed by atoms with Gasteiger partial charge in [-0.3, -0.25) is 14.5 Å². The maximum atomic E-state index is 14.6. The molecule has 0 aliphatic carbocycles. The molecule has 1 atom stereocenters. The molecule has 0 unspecified atom stereocenters. The van der Waals surface area contributed by atoms with Crippen molar-refractivity contribution in [3.63, 3.8) is 0 Å². The summed E-state index contributed by atoms with van der Waals surface area (Å²) >= 11 is 0. The summed E-state index contributed by atoms with van der Waals surface area (Å²) in [7, 11) is 0. The van der Waals surface area contributed by atoms with Crippen LogP contribution in [0, 0.1) is 12.7 Å². The van der Waals surface area contributed by atoms with Gasteiger partial charge >= 0.3 is 0 Å². The molecule has 0 saturated heterocycles. The fraction of sp³-hybridized carbons (Fsp3) is 0.308. The number of nitrogens with one attached hydrogen (secondary N) is 1. The van der Waals surface area contributed by atoms with Gasteiger partial charge in [0, 0.05) is 11.2 Å². The molecule has 9 heteroatoms. The molecule has 1 N–H and O–H groups in total. The van der Waals surface area contributed by atoms with Crippen molar-refractivity contribution in [3.8, 4) is 0 Å². The van der Waals surface area contributed by atoms with Crippen LogP contribution in [0.2, 0.25) is 0 Å². The van der Waals surface area contributed by atoms with Crippen molar-refractivity contribution >= 4 is 28.5 Å². The fourth-order valence-electron chi connectivity index (χ4n) is 3.72. The van der Waals surface area contributed by atoms with Gasteiger partial charge in [-0.05, 0) is 69.2 Å². The van der Waals surface area contributed by atoms with Crippen LogP contribution in [0.5, 0.6) is 0 Å². The number of amides is 2. The Morgan fingerprint density at radius 2 is 1.94 bits per heavy atom. The van der Waals surface area contributed by atoms with Crippen LogP contribution in [0.25, 0.3) is 11.0 Å². The van der Waals surface area contributed by atoms with Gasteiger partial charge in [-0.25, -0.2) is 9.07 Å². The highest BCUT2D eigenvalue weighted by atomic mass is 19.1. The maximum Gasteiger partial charge on any atom is 0.251 e. The van der Waals surface area contributed by atoms with Crippen LogP contribution >= 0.6 is 0 Å². The molecule has 0 spiro atoms. The van der Waals surface area contributed by atoms with Gasteiger partial charge < -0.3 is 9.73 Å². The largest absolute Gasteiger partial charge is 0.467 e. The number of benzene rings is 2. The minimum absolute atomic E-state index is 0.211. The fourth-order valence-corrected chi connectivity index (χ4v) is 3.72. The van der Waals surface area contributed by atoms with Gasteiger partial charge in [0.15, 0.2) is 6.04 Å². The highest BCUT2D eigenvalue weighted by molar-refractivity contribution is 6.01. The zero-order valence-corrected chi connectivity index (χ0v) is 20.2. The zero-order chi connectivity index (χ0) is 25.2. The van der Waals surface area contributed by atoms with Crippen molar-refractivity contribution < 1.29 is 18.4 Å². The third-order valence-electron chi connectivity index (χ3n) is 6.07. The number of anilines is 1. The van der Waals surface area contributed by atoms with Crippen LogP contribution in [0.4, 0.5) is 10.1 Å². The smallest absolute Gasteiger partial charge is 0.251 e. The quantitative estimate of drug-likeness (QED) is 0.402. The first-order chi connectivity index (χ1) is 16.7. The number of carbonyl (C=O) groups excluding carboxylic acids is 2. The minimum atomic E-state index is -1.17. The first kappa shape index (κ1) is 24.1. The van der Waals surface area contributed by atoms with Crippen LogP contribution in [0.3, 0.4) is 0 Å². The second kappa shape index (κ2) is 9.69. The van der Waals surface area contributed by atoms with E-state index < -0.39 is 29.2 Å². The van der Waals surface area contributed by atoms with Gasteiger partial charge in [0.1, 0.15) is 23.6 Å². The molecule has 8 nitrogen and oxygen atoms in total. The average Bonchev–Trinajstić information content (AvgIpc) is 3.49. The maximum absolute atomic E-state index is 14.6. The van der Waals surface area contributed by atoms with Gasteiger partial charge in [0.2, 0.25) is 5.91 Å². The molecule has 0 fully saturated rings. The second-order valence-corrected chi connectivity index (χ2v) is 9.08. The molecular formula is C26H28FN5O3. The molecule has 2 aromatic heterocycles. The number of fused-ring (bicyclic) bond motifs is 1. The molecule has 2 amide bonds. The lowest BCUT2D eigenvalue weighted by Crippen LogP contribution is -2.51. The number of aromatic nitrogens is 3. The third-order valence-corrected chi connectivity index (χ3v) is 6.07. The Hall–Kier alpha value is -4.01. The standard InChI is InChI=1S/C26H28FN5O3/c1-5-26(3,4)28-25(34)24(22-11-8-14-35-22)32(18-13-12-17(2)19(27)15-18)23(33)16-31-21-10-7-6-9-20(21)29-30-31/h6-15,24H,5,16H2,1-4H3,(H,28,34)/t24-/m1/s1. The average molecular weight is 478 g/mol. The van der Waals surface area contributed by atoms with Crippen LogP contribution in [-0.4, -0.2) is 32.3 Å². The Kier molecular flexibility index (Phi) is 6.68. The first-order valence-corrected chi connectivity index (χ1v) is 11.4. The molecular weight excluding hydrogens is 449 g/mol. The summed E-state index contributed by atoms with van der Waals surface area (Å²) in [5.74, 6) is -1.15. The van der Waals surface area contributed by atoms with E-state index in [0.717, 1.165) is 0 Å². The molecule has 2 aromatic carbocycles. The van der Waals surface area contributed by atoms with E-state index in [1.165, 1.54) is 21.9 Å². The summed E-state index contributed by atoms with van der Waals surface area (Å²) in [6.45, 7) is 7.16. The Balaban J connectivity index is 1.80. The molecule has 35 heavy (non-hydrogen) atoms. The summed E-state index contributed by atoms with van der Waals surface area (Å²) in [4.78, 5) is 28.7. The Morgan fingerprint density at radius 1 is 1.17 bits per heavy atom. The Morgan fingerprint density at radius 3 is 2.63 bits per heavy atom. The van der Waals surface area contributed by atoms with Crippen LogP contribution in [0.15, 0.2) is 65.3 Å². The molecule has 0 aliphatic heterocycles. The summed E-state index contributed by atoms with van der Waals surface area (Å²) in [5.41, 5.74) is 1.43. The van der Waals surface area contributed by atoms with Gasteiger partial charge in [0.25, 0.3) is 5.91 Å². The predicted molar refractivity (Wildman–Crippen MR) is 130 cm³/mol. The Bertz CT molecular complexity index is 1350. The number of hydrogen-bond donors (Lipinski definition) is 1. The molecule has 2 heterocycles. The number of nitrogens with zero attached hydrogens (tertiary/aromatic N) is 4. The van der Waals surface area contributed by atoms with Crippen molar-refractivity contribution in [2.75, 3.05) is 4.90 Å². The number of para-hydroxylation sites is 1. The van der Waals surface area contributed by atoms with Crippen molar-refractivity contribution in [1.29, 1.82) is 0 Å². The SMILES string of the molecule is CCC(C)(C)NC(=O)[C@@H](c1ccco1)N(C(=O)Cn1nnc2ccccc21)c1ccc(C)c(F)c1. The van der Waals surface area contributed by atoms with E-state index in [9.17, 15) is 14.0 Å². The van der Waals surface area contributed by atoms with E-state index in [1.54, 1.807) is 43.3 Å². The first-order valence-electron chi connectivity index (χ1n) is 11.4. The van der Waals surface area contributed by atoms with Gasteiger partial charge in [0.05, 0.1) is 11.8 Å². The minimum Gasteiger partial charge on any atom is -0.467 e. The van der Waals surface area contributed by atoms with Gasteiger partial charge in [-0.15, -0.1) is 5.10 Å². The van der Waals surface area contributed by atoms with Crippen molar-refractivity contribution in [2.24, 2.45) is 0 Å². The number of rotatable bonds is 8. The monoisotopic (exact) mass is 477 g/mol. The van der Waals surface area contributed by atoms with Crippen LogP contribution in [0.1, 0.15) is 44.6 Å². The van der Waals surface area contributed by atoms with Gasteiger partial charge in [-0.2, -0.15) is 0 Å². The van der Waals surface area contributed by atoms with Crippen molar-refractivity contribution in [3.05, 3.63) is 78.0 Å². The molecule has 4 rings (SSSR count). The topological polar surface area (TPSA) is 93.3 Å². The number of carbonyl (C=O) groups is 2. The predicted octanol–water partition coefficient (Wildman–Crippen LogP) is 4.55. The third kappa shape index (κ3) is 5.08. The number of hydrogen-bond acceptors (Lipinski definition) is 5. The number of furan rings is 1. The summed E-state index contributed by atoms with van der Waals surface area (Å²) in [6.07, 6.45) is 2.10. The van der Waals surface area contributed by atoms with E-state index in [-0.39, 0.29) is 18.0 Å². The van der Waals surface area contributed by atoms with Crippen LogP contribution in [-0.2, 0) is 16.1 Å². The van der Waals surface area contributed by atoms with Crippen molar-refractivity contribution in [2.45, 2.75) is 52.2 Å². The van der Waals surface area contributed by atoms with E-state index in [2.05, 4.69) is 15.6 Å². The molecule has 0 aliphatic rings. The normalized spacial score (nSPS) is 12.5. The van der Waals surface area contributed by atoms with E-state index >= 15 is 0 Å². The summed E-state index contributed by atoms with van der Waals surface area (Å²) in [5, 5.41) is 11.2. The highest BCUT2D eigenvalue weighted by Crippen LogP contribution is 2.31. The number of aryl methyl sites for hydroxylation is 1. The molecule has 0 bridgehead atoms. The number of halogens is 1. The molecule has 0 saturated carbocycles. The highest BCUT2D eigenvalue weighted by Gasteiger charge is 2.37. The Labute approximate surface area is 202 Å². The van der Waals surface area contributed by atoms with E-state index in [1.807, 2.05) is 32.9 Å². The van der Waals surface area contributed by atoms with E-state index in [4.69, 9.17) is 4.42 Å². The molecule has 182 valence electrons. The lowest BCUT2D eigenvalue weighted by atomic mass is 10.0. The van der Waals surface area contributed by atoms with Gasteiger partial charge in [-0.1, -0.05) is 30.3 Å². The summed E-state index contributed by atoms with van der Waals surface area (Å²) in [6, 6.07) is 13.8. The summed E-state index contributed by atoms with van der Waals surface area (Å²) < 4.78 is 21.7. The second-order valence-electron chi connectivity index (χ2n) is 9.08. The van der Waals surface area contributed by atoms with E-state index in [0.29, 0.717) is 23.0 Å². The zero-order valence-electron chi connectivity index (χ0n) is 20.2. The van der Waals surface area contributed by atoms with Crippen LogP contribution < -0.4 is 10.2 Å². The lowest BCUT2D eigenvalue weighted by Gasteiger charge is -2.33. The molecule has 0 radical (unpaired) electrons. The lowest BCUT2D eigenvalue weighted by molar-refractivity contribution is -0.128.